The van der Waals surface area contributed by atoms with Gasteiger partial charge in [-0.05, 0) is 24.1 Å². The minimum absolute atomic E-state index is 0. The molecule has 2 aromatic rings. The number of hydrogen-bond donors (Lipinski definition) is 2. The smallest absolute Gasteiger partial charge is 0.251 e. The van der Waals surface area contributed by atoms with Crippen LogP contribution in [0.15, 0.2) is 23.1 Å². The summed E-state index contributed by atoms with van der Waals surface area (Å²) < 4.78 is 0. The van der Waals surface area contributed by atoms with Crippen molar-refractivity contribution in [2.75, 3.05) is 26.2 Å². The van der Waals surface area contributed by atoms with Crippen molar-refractivity contribution >= 4 is 23.4 Å². The lowest BCUT2D eigenvalue weighted by molar-refractivity contribution is 0.233. The van der Waals surface area contributed by atoms with Crippen molar-refractivity contribution in [1.82, 2.24) is 20.2 Å². The summed E-state index contributed by atoms with van der Waals surface area (Å²) >= 11 is 0. The van der Waals surface area contributed by atoms with E-state index in [0.29, 0.717) is 0 Å². The molecule has 0 spiro atoms. The number of aryl methyl sites for hydroxylation is 1. The summed E-state index contributed by atoms with van der Waals surface area (Å²) in [5.41, 5.74) is 3.64. The molecule has 1 saturated heterocycles. The first-order chi connectivity index (χ1) is 9.76. The number of rotatable bonds is 3. The van der Waals surface area contributed by atoms with Crippen LogP contribution in [0.25, 0.3) is 11.0 Å². The molecule has 0 unspecified atom stereocenters. The van der Waals surface area contributed by atoms with Gasteiger partial charge in [0.25, 0.3) is 5.56 Å². The van der Waals surface area contributed by atoms with Crippen LogP contribution in [0.4, 0.5) is 0 Å². The number of piperazine rings is 1. The largest absolute Gasteiger partial charge is 0.320 e. The highest BCUT2D eigenvalue weighted by Gasteiger charge is 2.11. The summed E-state index contributed by atoms with van der Waals surface area (Å²) in [5, 5.41) is 3.35. The third kappa shape index (κ3) is 3.61. The molecule has 0 bridgehead atoms. The average molecular weight is 309 g/mol. The number of H-pyrrole nitrogens is 1. The van der Waals surface area contributed by atoms with Gasteiger partial charge in [0, 0.05) is 44.5 Å². The third-order valence-corrected chi connectivity index (χ3v) is 3.82. The fraction of sp³-hybridized carbons (Fsp3) is 0.467. The molecule has 3 rings (SSSR count). The first kappa shape index (κ1) is 15.9. The number of pyridine rings is 2. The molecule has 2 aromatic heterocycles. The lowest BCUT2D eigenvalue weighted by Gasteiger charge is -2.27. The average Bonchev–Trinajstić information content (AvgIpc) is 2.47. The summed E-state index contributed by atoms with van der Waals surface area (Å²) in [7, 11) is 0. The third-order valence-electron chi connectivity index (χ3n) is 3.82. The SMILES string of the molecule is CCc1cc2ncc(CN3CCNCC3)cc2[nH]c1=O.Cl. The van der Waals surface area contributed by atoms with Crippen molar-refractivity contribution in [2.45, 2.75) is 19.9 Å². The second kappa shape index (κ2) is 7.02. The Morgan fingerprint density at radius 1 is 1.29 bits per heavy atom. The van der Waals surface area contributed by atoms with Gasteiger partial charge in [0.2, 0.25) is 0 Å². The van der Waals surface area contributed by atoms with Crippen molar-refractivity contribution in [3.05, 3.63) is 39.8 Å². The van der Waals surface area contributed by atoms with Gasteiger partial charge in [-0.2, -0.15) is 0 Å². The van der Waals surface area contributed by atoms with E-state index in [-0.39, 0.29) is 18.0 Å². The quantitative estimate of drug-likeness (QED) is 0.897. The molecule has 0 aliphatic carbocycles. The van der Waals surface area contributed by atoms with Crippen LogP contribution in [0, 0.1) is 0 Å². The lowest BCUT2D eigenvalue weighted by atomic mass is 10.1. The van der Waals surface area contributed by atoms with Crippen LogP contribution in [-0.4, -0.2) is 41.0 Å². The van der Waals surface area contributed by atoms with Crippen LogP contribution in [0.3, 0.4) is 0 Å². The molecule has 0 radical (unpaired) electrons. The van der Waals surface area contributed by atoms with E-state index in [1.54, 1.807) is 0 Å². The summed E-state index contributed by atoms with van der Waals surface area (Å²) in [5.74, 6) is 0. The molecule has 5 nitrogen and oxygen atoms in total. The molecular weight excluding hydrogens is 288 g/mol. The van der Waals surface area contributed by atoms with Crippen LogP contribution >= 0.6 is 12.4 Å². The van der Waals surface area contributed by atoms with E-state index < -0.39 is 0 Å². The van der Waals surface area contributed by atoms with Crippen LogP contribution < -0.4 is 10.9 Å². The summed E-state index contributed by atoms with van der Waals surface area (Å²) in [6.45, 7) is 7.07. The Labute approximate surface area is 130 Å². The van der Waals surface area contributed by atoms with Gasteiger partial charge in [0.1, 0.15) is 0 Å². The molecule has 6 heteroatoms. The number of hydrogen-bond acceptors (Lipinski definition) is 4. The first-order valence-corrected chi connectivity index (χ1v) is 7.20. The van der Waals surface area contributed by atoms with E-state index in [9.17, 15) is 4.79 Å². The van der Waals surface area contributed by atoms with Gasteiger partial charge in [-0.15, -0.1) is 12.4 Å². The number of aromatic nitrogens is 2. The van der Waals surface area contributed by atoms with E-state index in [0.717, 1.165) is 61.3 Å². The maximum Gasteiger partial charge on any atom is 0.251 e. The van der Waals surface area contributed by atoms with Crippen LogP contribution in [-0.2, 0) is 13.0 Å². The van der Waals surface area contributed by atoms with Gasteiger partial charge in [0.05, 0.1) is 11.0 Å². The molecule has 114 valence electrons. The molecule has 3 heterocycles. The zero-order valence-electron chi connectivity index (χ0n) is 12.2. The van der Waals surface area contributed by atoms with Gasteiger partial charge in [-0.3, -0.25) is 14.7 Å². The van der Waals surface area contributed by atoms with Crippen molar-refractivity contribution in [3.8, 4) is 0 Å². The Hall–Kier alpha value is -1.43. The normalized spacial score (nSPS) is 15.9. The zero-order chi connectivity index (χ0) is 13.9. The number of nitrogens with one attached hydrogen (secondary N) is 2. The van der Waals surface area contributed by atoms with Gasteiger partial charge >= 0.3 is 0 Å². The molecule has 0 saturated carbocycles. The van der Waals surface area contributed by atoms with Crippen LogP contribution in [0.2, 0.25) is 0 Å². The number of halogens is 1. The molecular formula is C15H21ClN4O. The van der Waals surface area contributed by atoms with Crippen molar-refractivity contribution in [1.29, 1.82) is 0 Å². The predicted molar refractivity (Wildman–Crippen MR) is 87.1 cm³/mol. The fourth-order valence-corrected chi connectivity index (χ4v) is 2.64. The van der Waals surface area contributed by atoms with Crippen molar-refractivity contribution < 1.29 is 0 Å². The second-order valence-electron chi connectivity index (χ2n) is 5.28. The van der Waals surface area contributed by atoms with E-state index >= 15 is 0 Å². The summed E-state index contributed by atoms with van der Waals surface area (Å²) in [6, 6.07) is 3.94. The van der Waals surface area contributed by atoms with Gasteiger partial charge < -0.3 is 10.3 Å². The highest BCUT2D eigenvalue weighted by Crippen LogP contribution is 2.12. The Balaban J connectivity index is 0.00000161. The van der Waals surface area contributed by atoms with Crippen LogP contribution in [0.5, 0.6) is 0 Å². The summed E-state index contributed by atoms with van der Waals surface area (Å²) in [6.07, 6.45) is 2.65. The Morgan fingerprint density at radius 3 is 2.76 bits per heavy atom. The van der Waals surface area contributed by atoms with Crippen molar-refractivity contribution in [2.24, 2.45) is 0 Å². The first-order valence-electron chi connectivity index (χ1n) is 7.20. The monoisotopic (exact) mass is 308 g/mol. The molecule has 0 atom stereocenters. The Kier molecular flexibility index (Phi) is 5.33. The van der Waals surface area contributed by atoms with E-state index in [1.165, 1.54) is 0 Å². The topological polar surface area (TPSA) is 61.0 Å². The highest BCUT2D eigenvalue weighted by atomic mass is 35.5. The Bertz CT molecular complexity index is 664. The maximum atomic E-state index is 11.9. The molecule has 1 fully saturated rings. The van der Waals surface area contributed by atoms with Gasteiger partial charge in [0.15, 0.2) is 0 Å². The molecule has 1 aliphatic heterocycles. The van der Waals surface area contributed by atoms with Crippen molar-refractivity contribution in [3.63, 3.8) is 0 Å². The van der Waals surface area contributed by atoms with Crippen LogP contribution in [0.1, 0.15) is 18.1 Å². The molecule has 21 heavy (non-hydrogen) atoms. The lowest BCUT2D eigenvalue weighted by Crippen LogP contribution is -2.42. The Morgan fingerprint density at radius 2 is 2.05 bits per heavy atom. The number of aromatic amines is 1. The van der Waals surface area contributed by atoms with Gasteiger partial charge in [-0.1, -0.05) is 6.92 Å². The van der Waals surface area contributed by atoms with E-state index in [4.69, 9.17) is 0 Å². The molecule has 0 amide bonds. The molecule has 1 aliphatic rings. The minimum Gasteiger partial charge on any atom is -0.320 e. The molecule has 2 N–H and O–H groups in total. The minimum atomic E-state index is 0. The molecule has 0 aromatic carbocycles. The zero-order valence-corrected chi connectivity index (χ0v) is 13.0. The number of nitrogens with zero attached hydrogens (tertiary/aromatic N) is 2. The van der Waals surface area contributed by atoms with Gasteiger partial charge in [-0.25, -0.2) is 0 Å². The van der Waals surface area contributed by atoms with E-state index in [1.807, 2.05) is 25.3 Å². The maximum absolute atomic E-state index is 11.9. The second-order valence-corrected chi connectivity index (χ2v) is 5.28. The highest BCUT2D eigenvalue weighted by molar-refractivity contribution is 5.85. The fourth-order valence-electron chi connectivity index (χ4n) is 2.64. The number of fused-ring (bicyclic) bond motifs is 1. The standard InChI is InChI=1S/C15H20N4O.ClH/c1-2-12-8-13-14(18-15(12)20)7-11(9-17-13)10-19-5-3-16-4-6-19;/h7-9,16H,2-6,10H2,1H3,(H,18,20);1H. The predicted octanol–water partition coefficient (Wildman–Crippen LogP) is 1.31. The van der Waals surface area contributed by atoms with E-state index in [2.05, 4.69) is 20.2 Å². The summed E-state index contributed by atoms with van der Waals surface area (Å²) in [4.78, 5) is 21.7.